The first kappa shape index (κ1) is 19.9. The van der Waals surface area contributed by atoms with E-state index in [1.165, 1.54) is 3.97 Å². The Kier molecular flexibility index (Phi) is 5.43. The number of hydrogen-bond acceptors (Lipinski definition) is 5. The van der Waals surface area contributed by atoms with Gasteiger partial charge in [-0.05, 0) is 63.8 Å². The Balaban J connectivity index is 2.20. The highest BCUT2D eigenvalue weighted by atomic mass is 32.2. The number of allylic oxidation sites excluding steroid dienone is 1. The second-order valence-electron chi connectivity index (χ2n) is 6.77. The minimum Gasteiger partial charge on any atom is -0.462 e. The molecule has 0 unspecified atom stereocenters. The Morgan fingerprint density at radius 1 is 1.21 bits per heavy atom. The first-order chi connectivity index (χ1) is 13.3. The number of fused-ring (bicyclic) bond motifs is 1. The standard InChI is InChI=1S/C21H22N2O4S/c1-4-27-21(24)19(13-22)17-6-5-7-20-18(17)12-15(3)23(20)28(25,26)16-10-8-14(2)9-11-16/h8-12H,4-7H2,1-3H3. The number of nitrogens with zero attached hydrogens (tertiary/aromatic N) is 2. The molecule has 0 aliphatic heterocycles. The molecule has 1 aliphatic rings. The van der Waals surface area contributed by atoms with Gasteiger partial charge in [0.25, 0.3) is 10.0 Å². The molecular weight excluding hydrogens is 376 g/mol. The maximum Gasteiger partial charge on any atom is 0.349 e. The number of rotatable bonds is 4. The monoisotopic (exact) mass is 398 g/mol. The van der Waals surface area contributed by atoms with Crippen LogP contribution in [0.2, 0.25) is 0 Å². The SMILES string of the molecule is CCOC(=O)C(C#N)=C1CCCc2c1cc(C)n2S(=O)(=O)c1ccc(C)cc1. The third-order valence-corrected chi connectivity index (χ3v) is 6.70. The first-order valence-electron chi connectivity index (χ1n) is 9.15. The second-order valence-corrected chi connectivity index (χ2v) is 8.55. The summed E-state index contributed by atoms with van der Waals surface area (Å²) in [5.41, 5.74) is 3.28. The van der Waals surface area contributed by atoms with Crippen LogP contribution in [0.3, 0.4) is 0 Å². The molecule has 146 valence electrons. The van der Waals surface area contributed by atoms with Crippen molar-refractivity contribution in [3.05, 3.63) is 58.4 Å². The van der Waals surface area contributed by atoms with Crippen LogP contribution < -0.4 is 0 Å². The molecule has 1 aromatic heterocycles. The molecular formula is C21H22N2O4S. The van der Waals surface area contributed by atoms with E-state index in [0.29, 0.717) is 41.8 Å². The van der Waals surface area contributed by atoms with E-state index in [9.17, 15) is 18.5 Å². The molecule has 28 heavy (non-hydrogen) atoms. The van der Waals surface area contributed by atoms with Crippen LogP contribution in [0.15, 0.2) is 40.8 Å². The molecule has 0 radical (unpaired) electrons. The lowest BCUT2D eigenvalue weighted by Gasteiger charge is -2.20. The van der Waals surface area contributed by atoms with Gasteiger partial charge in [0.05, 0.1) is 11.5 Å². The molecule has 0 saturated carbocycles. The number of aryl methyl sites for hydroxylation is 2. The van der Waals surface area contributed by atoms with E-state index in [2.05, 4.69) is 0 Å². The molecule has 0 saturated heterocycles. The summed E-state index contributed by atoms with van der Waals surface area (Å²) in [6, 6.07) is 10.4. The van der Waals surface area contributed by atoms with E-state index in [-0.39, 0.29) is 17.1 Å². The van der Waals surface area contributed by atoms with Crippen LogP contribution in [-0.4, -0.2) is 25.0 Å². The molecule has 6 nitrogen and oxygen atoms in total. The largest absolute Gasteiger partial charge is 0.462 e. The van der Waals surface area contributed by atoms with Gasteiger partial charge in [0, 0.05) is 17.0 Å². The minimum atomic E-state index is -3.78. The number of aromatic nitrogens is 1. The quantitative estimate of drug-likeness (QED) is 0.447. The summed E-state index contributed by atoms with van der Waals surface area (Å²) in [6.07, 6.45) is 1.74. The lowest BCUT2D eigenvalue weighted by Crippen LogP contribution is -2.19. The molecule has 0 N–H and O–H groups in total. The van der Waals surface area contributed by atoms with Gasteiger partial charge >= 0.3 is 5.97 Å². The van der Waals surface area contributed by atoms with Crippen LogP contribution in [-0.2, 0) is 26.0 Å². The van der Waals surface area contributed by atoms with Crippen LogP contribution in [0.4, 0.5) is 0 Å². The van der Waals surface area contributed by atoms with Gasteiger partial charge in [-0.15, -0.1) is 0 Å². The van der Waals surface area contributed by atoms with Crippen LogP contribution in [0.25, 0.3) is 5.57 Å². The van der Waals surface area contributed by atoms with Gasteiger partial charge in [0.1, 0.15) is 11.6 Å². The van der Waals surface area contributed by atoms with Gasteiger partial charge in [-0.25, -0.2) is 17.2 Å². The molecule has 1 aromatic carbocycles. The molecule has 0 spiro atoms. The van der Waals surface area contributed by atoms with Crippen molar-refractivity contribution >= 4 is 21.6 Å². The van der Waals surface area contributed by atoms with Gasteiger partial charge in [0.2, 0.25) is 0 Å². The van der Waals surface area contributed by atoms with Crippen molar-refractivity contribution in [2.24, 2.45) is 0 Å². The predicted molar refractivity (Wildman–Crippen MR) is 105 cm³/mol. The van der Waals surface area contributed by atoms with Crippen molar-refractivity contribution in [2.45, 2.75) is 44.9 Å². The Labute approximate surface area is 165 Å². The summed E-state index contributed by atoms with van der Waals surface area (Å²) < 4.78 is 32.9. The first-order valence-corrected chi connectivity index (χ1v) is 10.6. The fourth-order valence-electron chi connectivity index (χ4n) is 3.59. The predicted octanol–water partition coefficient (Wildman–Crippen LogP) is 3.52. The summed E-state index contributed by atoms with van der Waals surface area (Å²) in [4.78, 5) is 12.4. The second kappa shape index (κ2) is 7.64. The lowest BCUT2D eigenvalue weighted by atomic mass is 9.89. The summed E-state index contributed by atoms with van der Waals surface area (Å²) >= 11 is 0. The maximum atomic E-state index is 13.3. The third-order valence-electron chi connectivity index (χ3n) is 4.85. The van der Waals surface area contributed by atoms with E-state index >= 15 is 0 Å². The smallest absolute Gasteiger partial charge is 0.349 e. The van der Waals surface area contributed by atoms with E-state index in [1.807, 2.05) is 13.0 Å². The Bertz CT molecular complexity index is 1100. The zero-order valence-corrected chi connectivity index (χ0v) is 17.0. The molecule has 1 aliphatic carbocycles. The Morgan fingerprint density at radius 3 is 2.50 bits per heavy atom. The molecule has 0 amide bonds. The number of nitriles is 1. The summed E-state index contributed by atoms with van der Waals surface area (Å²) in [5, 5.41) is 9.51. The molecule has 0 fully saturated rings. The molecule has 3 rings (SSSR count). The van der Waals surface area contributed by atoms with Crippen molar-refractivity contribution in [1.82, 2.24) is 3.97 Å². The van der Waals surface area contributed by atoms with Crippen LogP contribution in [0.1, 0.15) is 42.3 Å². The molecule has 0 atom stereocenters. The Morgan fingerprint density at radius 2 is 1.89 bits per heavy atom. The van der Waals surface area contributed by atoms with Crippen LogP contribution in [0.5, 0.6) is 0 Å². The van der Waals surface area contributed by atoms with Gasteiger partial charge in [-0.1, -0.05) is 17.7 Å². The van der Waals surface area contributed by atoms with E-state index in [0.717, 1.165) is 5.56 Å². The van der Waals surface area contributed by atoms with E-state index in [1.54, 1.807) is 44.2 Å². The number of benzene rings is 1. The molecule has 7 heteroatoms. The zero-order chi connectivity index (χ0) is 20.5. The molecule has 2 aromatic rings. The zero-order valence-electron chi connectivity index (χ0n) is 16.2. The minimum absolute atomic E-state index is 0.0484. The highest BCUT2D eigenvalue weighted by molar-refractivity contribution is 7.90. The van der Waals surface area contributed by atoms with Gasteiger partial charge in [-0.3, -0.25) is 0 Å². The third kappa shape index (κ3) is 3.36. The van der Waals surface area contributed by atoms with E-state index < -0.39 is 16.0 Å². The maximum absolute atomic E-state index is 13.3. The molecule has 1 heterocycles. The number of esters is 1. The number of carbonyl (C=O) groups is 1. The van der Waals surface area contributed by atoms with Crippen molar-refractivity contribution in [2.75, 3.05) is 6.61 Å². The Hall–Kier alpha value is -2.85. The van der Waals surface area contributed by atoms with Gasteiger partial charge in [0.15, 0.2) is 0 Å². The number of ether oxygens (including phenoxy) is 1. The fourth-order valence-corrected chi connectivity index (χ4v) is 5.19. The van der Waals surface area contributed by atoms with Crippen molar-refractivity contribution in [1.29, 1.82) is 5.26 Å². The van der Waals surface area contributed by atoms with Crippen molar-refractivity contribution in [3.8, 4) is 6.07 Å². The van der Waals surface area contributed by atoms with Crippen LogP contribution >= 0.6 is 0 Å². The van der Waals surface area contributed by atoms with Crippen molar-refractivity contribution < 1.29 is 17.9 Å². The number of carbonyl (C=O) groups excluding carboxylic acids is 1. The fraction of sp³-hybridized carbons (Fsp3) is 0.333. The highest BCUT2D eigenvalue weighted by Crippen LogP contribution is 2.37. The van der Waals surface area contributed by atoms with Gasteiger partial charge in [-0.2, -0.15) is 5.26 Å². The number of hydrogen-bond donors (Lipinski definition) is 0. The topological polar surface area (TPSA) is 89.2 Å². The van der Waals surface area contributed by atoms with E-state index in [4.69, 9.17) is 4.74 Å². The van der Waals surface area contributed by atoms with Crippen LogP contribution in [0, 0.1) is 25.2 Å². The highest BCUT2D eigenvalue weighted by Gasteiger charge is 2.30. The summed E-state index contributed by atoms with van der Waals surface area (Å²) in [5.74, 6) is -0.667. The van der Waals surface area contributed by atoms with Gasteiger partial charge < -0.3 is 4.74 Å². The van der Waals surface area contributed by atoms with Crippen molar-refractivity contribution in [3.63, 3.8) is 0 Å². The molecule has 0 bridgehead atoms. The normalized spacial score (nSPS) is 15.5. The summed E-state index contributed by atoms with van der Waals surface area (Å²) in [6.45, 7) is 5.47. The average molecular weight is 398 g/mol. The summed E-state index contributed by atoms with van der Waals surface area (Å²) in [7, 11) is -3.78. The average Bonchev–Trinajstić information content (AvgIpc) is 3.00. The lowest BCUT2D eigenvalue weighted by molar-refractivity contribution is -0.137.